The molecule has 2 atom stereocenters. The number of nitrogens with zero attached hydrogens (tertiary/aromatic N) is 1. The molecule has 0 spiro atoms. The van der Waals surface area contributed by atoms with Crippen molar-refractivity contribution in [1.29, 1.82) is 0 Å². The van der Waals surface area contributed by atoms with Gasteiger partial charge in [0, 0.05) is 29.9 Å². The van der Waals surface area contributed by atoms with E-state index in [1.54, 1.807) is 6.92 Å². The highest BCUT2D eigenvalue weighted by atomic mass is 16.1. The van der Waals surface area contributed by atoms with Crippen LogP contribution in [0.2, 0.25) is 0 Å². The van der Waals surface area contributed by atoms with Crippen LogP contribution >= 0.6 is 0 Å². The molecule has 0 radical (unpaired) electrons. The van der Waals surface area contributed by atoms with E-state index in [-0.39, 0.29) is 5.78 Å². The first-order valence-corrected chi connectivity index (χ1v) is 6.64. The minimum absolute atomic E-state index is 0.120. The second-order valence-corrected chi connectivity index (χ2v) is 5.33. The van der Waals surface area contributed by atoms with Gasteiger partial charge in [0.25, 0.3) is 0 Å². The van der Waals surface area contributed by atoms with E-state index in [4.69, 9.17) is 0 Å². The van der Waals surface area contributed by atoms with Gasteiger partial charge < -0.3 is 10.2 Å². The number of hydrogen-bond acceptors (Lipinski definition) is 3. The standard InChI is InChI=1S/C15H22N2O/c1-11-10-15(8-9-17(11)3)16-14-6-4-13(5-7-14)12(2)18/h4-7,11,15-16H,8-10H2,1-3H3. The minimum atomic E-state index is 0.120. The van der Waals surface area contributed by atoms with E-state index in [1.165, 1.54) is 12.8 Å². The van der Waals surface area contributed by atoms with E-state index in [0.717, 1.165) is 17.8 Å². The van der Waals surface area contributed by atoms with Gasteiger partial charge in [-0.3, -0.25) is 4.79 Å². The van der Waals surface area contributed by atoms with Gasteiger partial charge in [0.15, 0.2) is 5.78 Å². The van der Waals surface area contributed by atoms with Crippen molar-refractivity contribution in [2.24, 2.45) is 0 Å². The summed E-state index contributed by atoms with van der Waals surface area (Å²) in [5.74, 6) is 0.120. The van der Waals surface area contributed by atoms with Crippen LogP contribution in [-0.2, 0) is 0 Å². The molecule has 1 aliphatic heterocycles. The predicted octanol–water partition coefficient (Wildman–Crippen LogP) is 2.78. The van der Waals surface area contributed by atoms with E-state index in [9.17, 15) is 4.79 Å². The molecule has 98 valence electrons. The van der Waals surface area contributed by atoms with Crippen molar-refractivity contribution in [3.63, 3.8) is 0 Å². The Bertz CT molecular complexity index is 413. The zero-order chi connectivity index (χ0) is 13.1. The lowest BCUT2D eigenvalue weighted by atomic mass is 9.98. The maximum atomic E-state index is 11.2. The molecule has 1 aromatic carbocycles. The summed E-state index contributed by atoms with van der Waals surface area (Å²) in [6.45, 7) is 5.01. The number of piperidine rings is 1. The number of rotatable bonds is 3. The zero-order valence-electron chi connectivity index (χ0n) is 11.4. The van der Waals surface area contributed by atoms with Crippen LogP contribution in [0.1, 0.15) is 37.0 Å². The first-order chi connectivity index (χ1) is 8.56. The van der Waals surface area contributed by atoms with Crippen molar-refractivity contribution in [3.05, 3.63) is 29.8 Å². The maximum absolute atomic E-state index is 11.2. The minimum Gasteiger partial charge on any atom is -0.382 e. The molecule has 1 heterocycles. The number of nitrogens with one attached hydrogen (secondary N) is 1. The third-order valence-corrected chi connectivity index (χ3v) is 3.87. The second kappa shape index (κ2) is 5.53. The number of Topliss-reactive ketones (excluding diaryl/α,β-unsaturated/α-hetero) is 1. The van der Waals surface area contributed by atoms with Crippen molar-refractivity contribution in [3.8, 4) is 0 Å². The van der Waals surface area contributed by atoms with Crippen LogP contribution in [-0.4, -0.2) is 36.4 Å². The van der Waals surface area contributed by atoms with Gasteiger partial charge in [-0.2, -0.15) is 0 Å². The summed E-state index contributed by atoms with van der Waals surface area (Å²) >= 11 is 0. The number of ketones is 1. The zero-order valence-corrected chi connectivity index (χ0v) is 11.4. The fourth-order valence-corrected chi connectivity index (χ4v) is 2.46. The fraction of sp³-hybridized carbons (Fsp3) is 0.533. The van der Waals surface area contributed by atoms with Gasteiger partial charge in [-0.1, -0.05) is 0 Å². The van der Waals surface area contributed by atoms with Crippen LogP contribution in [0.4, 0.5) is 5.69 Å². The molecule has 1 aromatic rings. The van der Waals surface area contributed by atoms with E-state index in [0.29, 0.717) is 12.1 Å². The van der Waals surface area contributed by atoms with Gasteiger partial charge in [-0.05, 0) is 58.0 Å². The summed E-state index contributed by atoms with van der Waals surface area (Å²) in [5.41, 5.74) is 1.89. The highest BCUT2D eigenvalue weighted by molar-refractivity contribution is 5.94. The van der Waals surface area contributed by atoms with Crippen LogP contribution in [0.5, 0.6) is 0 Å². The molecule has 3 heteroatoms. The number of benzene rings is 1. The maximum Gasteiger partial charge on any atom is 0.159 e. The second-order valence-electron chi connectivity index (χ2n) is 5.33. The van der Waals surface area contributed by atoms with Crippen molar-refractivity contribution in [2.75, 3.05) is 18.9 Å². The van der Waals surface area contributed by atoms with Crippen LogP contribution in [0.25, 0.3) is 0 Å². The van der Waals surface area contributed by atoms with Gasteiger partial charge in [0.05, 0.1) is 0 Å². The molecule has 1 aliphatic rings. The topological polar surface area (TPSA) is 32.3 Å². The van der Waals surface area contributed by atoms with Crippen molar-refractivity contribution in [2.45, 2.75) is 38.8 Å². The summed E-state index contributed by atoms with van der Waals surface area (Å²) in [7, 11) is 2.18. The Balaban J connectivity index is 1.95. The summed E-state index contributed by atoms with van der Waals surface area (Å²) < 4.78 is 0. The van der Waals surface area contributed by atoms with Crippen molar-refractivity contribution >= 4 is 11.5 Å². The molecular formula is C15H22N2O. The molecule has 0 saturated carbocycles. The van der Waals surface area contributed by atoms with Crippen LogP contribution in [0.3, 0.4) is 0 Å². The van der Waals surface area contributed by atoms with Crippen molar-refractivity contribution in [1.82, 2.24) is 4.90 Å². The largest absolute Gasteiger partial charge is 0.382 e. The average molecular weight is 246 g/mol. The Morgan fingerprint density at radius 2 is 2.00 bits per heavy atom. The summed E-state index contributed by atoms with van der Waals surface area (Å²) in [4.78, 5) is 13.6. The van der Waals surface area contributed by atoms with Gasteiger partial charge in [0.1, 0.15) is 0 Å². The number of carbonyl (C=O) groups excluding carboxylic acids is 1. The lowest BCUT2D eigenvalue weighted by molar-refractivity contribution is 0.101. The lowest BCUT2D eigenvalue weighted by Gasteiger charge is -2.35. The van der Waals surface area contributed by atoms with Gasteiger partial charge in [-0.25, -0.2) is 0 Å². The number of likely N-dealkylation sites (tertiary alicyclic amines) is 1. The molecule has 1 saturated heterocycles. The van der Waals surface area contributed by atoms with Gasteiger partial charge >= 0.3 is 0 Å². The Hall–Kier alpha value is -1.35. The smallest absolute Gasteiger partial charge is 0.159 e. The Morgan fingerprint density at radius 1 is 1.33 bits per heavy atom. The first-order valence-electron chi connectivity index (χ1n) is 6.64. The van der Waals surface area contributed by atoms with E-state index in [1.807, 2.05) is 24.3 Å². The Morgan fingerprint density at radius 3 is 2.56 bits per heavy atom. The molecule has 1 fully saturated rings. The molecule has 2 unspecified atom stereocenters. The molecule has 0 aliphatic carbocycles. The van der Waals surface area contributed by atoms with Gasteiger partial charge in [0.2, 0.25) is 0 Å². The summed E-state index contributed by atoms with van der Waals surface area (Å²) in [6, 6.07) is 8.96. The summed E-state index contributed by atoms with van der Waals surface area (Å²) in [6.07, 6.45) is 2.35. The molecular weight excluding hydrogens is 224 g/mol. The monoisotopic (exact) mass is 246 g/mol. The first kappa shape index (κ1) is 13.1. The van der Waals surface area contributed by atoms with E-state index >= 15 is 0 Å². The van der Waals surface area contributed by atoms with Crippen LogP contribution in [0, 0.1) is 0 Å². The average Bonchev–Trinajstić information content (AvgIpc) is 2.34. The quantitative estimate of drug-likeness (QED) is 0.832. The van der Waals surface area contributed by atoms with Crippen LogP contribution < -0.4 is 5.32 Å². The highest BCUT2D eigenvalue weighted by Gasteiger charge is 2.22. The lowest BCUT2D eigenvalue weighted by Crippen LogP contribution is -2.42. The van der Waals surface area contributed by atoms with E-state index in [2.05, 4.69) is 24.2 Å². The Labute approximate surface area is 109 Å². The fourth-order valence-electron chi connectivity index (χ4n) is 2.46. The molecule has 1 N–H and O–H groups in total. The molecule has 0 bridgehead atoms. The number of anilines is 1. The molecule has 0 amide bonds. The molecule has 3 nitrogen and oxygen atoms in total. The SMILES string of the molecule is CC(=O)c1ccc(NC2CCN(C)C(C)C2)cc1. The third-order valence-electron chi connectivity index (χ3n) is 3.87. The normalized spacial score (nSPS) is 24.8. The third kappa shape index (κ3) is 3.10. The number of carbonyl (C=O) groups is 1. The Kier molecular flexibility index (Phi) is 4.02. The van der Waals surface area contributed by atoms with Crippen molar-refractivity contribution < 1.29 is 4.79 Å². The molecule has 0 aromatic heterocycles. The summed E-state index contributed by atoms with van der Waals surface area (Å²) in [5, 5.41) is 3.56. The molecule has 2 rings (SSSR count). The predicted molar refractivity (Wildman–Crippen MR) is 75.2 cm³/mol. The number of hydrogen-bond donors (Lipinski definition) is 1. The van der Waals surface area contributed by atoms with Crippen LogP contribution in [0.15, 0.2) is 24.3 Å². The highest BCUT2D eigenvalue weighted by Crippen LogP contribution is 2.20. The van der Waals surface area contributed by atoms with Gasteiger partial charge in [-0.15, -0.1) is 0 Å². The van der Waals surface area contributed by atoms with E-state index < -0.39 is 0 Å². The molecule has 18 heavy (non-hydrogen) atoms.